The Hall–Kier alpha value is -2.59. The van der Waals surface area contributed by atoms with Crippen molar-refractivity contribution in [1.82, 2.24) is 9.78 Å². The number of carbonyl (C=O) groups is 1. The minimum Gasteiger partial charge on any atom is -0.460 e. The molecule has 0 unspecified atom stereocenters. The topological polar surface area (TPSA) is 75.7 Å². The Morgan fingerprint density at radius 1 is 1.36 bits per heavy atom. The molecule has 2 aromatic heterocycles. The fourth-order valence-electron chi connectivity index (χ4n) is 3.27. The number of halogens is 3. The lowest BCUT2D eigenvalue weighted by Gasteiger charge is -2.22. The summed E-state index contributed by atoms with van der Waals surface area (Å²) < 4.78 is 63.7. The molecule has 1 atom stereocenters. The number of ether oxygens (including phenoxy) is 3. The van der Waals surface area contributed by atoms with Crippen LogP contribution in [-0.2, 0) is 26.9 Å². The molecular weight excluding hydrogens is 381 g/mol. The van der Waals surface area contributed by atoms with Crippen LogP contribution >= 0.6 is 0 Å². The molecule has 0 N–H and O–H groups in total. The number of hydrogen-bond acceptors (Lipinski definition) is 6. The molecule has 3 aromatic rings. The summed E-state index contributed by atoms with van der Waals surface area (Å²) in [5.74, 6) is -2.03. The van der Waals surface area contributed by atoms with Crippen molar-refractivity contribution in [1.29, 1.82) is 0 Å². The number of esters is 1. The minimum absolute atomic E-state index is 0.0688. The van der Waals surface area contributed by atoms with E-state index in [2.05, 4.69) is 5.10 Å². The van der Waals surface area contributed by atoms with Crippen molar-refractivity contribution in [2.45, 2.75) is 25.7 Å². The number of alkyl halides is 3. The van der Waals surface area contributed by atoms with Crippen LogP contribution in [0.4, 0.5) is 13.2 Å². The molecule has 7 nitrogen and oxygen atoms in total. The van der Waals surface area contributed by atoms with E-state index in [4.69, 9.17) is 18.6 Å². The first-order valence-electron chi connectivity index (χ1n) is 8.74. The first-order chi connectivity index (χ1) is 13.4. The zero-order valence-corrected chi connectivity index (χ0v) is 14.9. The van der Waals surface area contributed by atoms with Gasteiger partial charge < -0.3 is 18.6 Å². The van der Waals surface area contributed by atoms with Gasteiger partial charge in [-0.1, -0.05) is 0 Å². The molecule has 0 saturated carbocycles. The van der Waals surface area contributed by atoms with E-state index in [0.29, 0.717) is 31.8 Å². The average molecular weight is 398 g/mol. The molecule has 0 radical (unpaired) electrons. The number of hydrogen-bond donors (Lipinski definition) is 0. The van der Waals surface area contributed by atoms with Gasteiger partial charge in [-0.25, -0.2) is 4.79 Å². The van der Waals surface area contributed by atoms with E-state index in [1.807, 2.05) is 0 Å². The molecule has 0 amide bonds. The van der Waals surface area contributed by atoms with E-state index in [1.54, 1.807) is 12.3 Å². The van der Waals surface area contributed by atoms with Crippen LogP contribution in [0.2, 0.25) is 0 Å². The number of benzene rings is 1. The van der Waals surface area contributed by atoms with E-state index in [1.165, 1.54) is 17.7 Å². The first kappa shape index (κ1) is 18.8. The van der Waals surface area contributed by atoms with Gasteiger partial charge in [0.15, 0.2) is 0 Å². The minimum atomic E-state index is -4.81. The zero-order chi connectivity index (χ0) is 19.9. The molecule has 1 aromatic carbocycles. The summed E-state index contributed by atoms with van der Waals surface area (Å²) in [6.45, 7) is 3.13. The van der Waals surface area contributed by atoms with Crippen LogP contribution in [0.5, 0.6) is 0 Å². The summed E-state index contributed by atoms with van der Waals surface area (Å²) in [6, 6.07) is 2.99. The smallest absolute Gasteiger partial charge is 0.421 e. The van der Waals surface area contributed by atoms with Gasteiger partial charge in [0.05, 0.1) is 38.4 Å². The lowest BCUT2D eigenvalue weighted by Crippen LogP contribution is -2.32. The van der Waals surface area contributed by atoms with Crippen molar-refractivity contribution in [2.75, 3.05) is 26.4 Å². The first-order valence-corrected chi connectivity index (χ1v) is 8.74. The van der Waals surface area contributed by atoms with Crippen molar-refractivity contribution in [3.05, 3.63) is 29.7 Å². The Labute approximate surface area is 156 Å². The predicted molar refractivity (Wildman–Crippen MR) is 91.0 cm³/mol. The molecule has 1 saturated heterocycles. The molecule has 3 heterocycles. The summed E-state index contributed by atoms with van der Waals surface area (Å²) in [7, 11) is 0. The lowest BCUT2D eigenvalue weighted by molar-refractivity contribution is -0.137. The summed E-state index contributed by atoms with van der Waals surface area (Å²) in [5.41, 5.74) is -1.15. The summed E-state index contributed by atoms with van der Waals surface area (Å²) in [5, 5.41) is 4.53. The third kappa shape index (κ3) is 3.33. The highest BCUT2D eigenvalue weighted by atomic mass is 19.4. The monoisotopic (exact) mass is 398 g/mol. The van der Waals surface area contributed by atoms with E-state index in [9.17, 15) is 18.0 Å². The largest absolute Gasteiger partial charge is 0.460 e. The maximum Gasteiger partial charge on any atom is 0.421 e. The highest BCUT2D eigenvalue weighted by Crippen LogP contribution is 2.42. The van der Waals surface area contributed by atoms with E-state index in [0.717, 1.165) is 0 Å². The Balaban J connectivity index is 1.84. The molecule has 1 aliphatic rings. The van der Waals surface area contributed by atoms with E-state index in [-0.39, 0.29) is 29.2 Å². The maximum atomic E-state index is 13.8. The number of aromatic nitrogens is 2. The quantitative estimate of drug-likeness (QED) is 0.627. The molecule has 150 valence electrons. The second-order valence-electron chi connectivity index (χ2n) is 6.32. The van der Waals surface area contributed by atoms with Crippen LogP contribution in [-0.4, -0.2) is 48.3 Å². The van der Waals surface area contributed by atoms with Crippen molar-refractivity contribution >= 4 is 27.8 Å². The summed E-state index contributed by atoms with van der Waals surface area (Å²) >= 11 is 0. The van der Waals surface area contributed by atoms with E-state index >= 15 is 0 Å². The average Bonchev–Trinajstić information content (AvgIpc) is 3.22. The SMILES string of the molecule is CCOC(=O)c1oc2ccc3cn(C[C@H]4COCCO4)nc3c2c1C(F)(F)F. The normalized spacial score (nSPS) is 18.1. The third-order valence-corrected chi connectivity index (χ3v) is 4.40. The fraction of sp³-hybridized carbons (Fsp3) is 0.444. The van der Waals surface area contributed by atoms with Crippen LogP contribution in [0, 0.1) is 0 Å². The molecule has 28 heavy (non-hydrogen) atoms. The van der Waals surface area contributed by atoms with Gasteiger partial charge in [0, 0.05) is 11.6 Å². The Morgan fingerprint density at radius 2 is 2.18 bits per heavy atom. The molecule has 1 fully saturated rings. The molecule has 0 aliphatic carbocycles. The van der Waals surface area contributed by atoms with Crippen molar-refractivity contribution in [3.63, 3.8) is 0 Å². The van der Waals surface area contributed by atoms with E-state index < -0.39 is 23.5 Å². The maximum absolute atomic E-state index is 13.8. The van der Waals surface area contributed by atoms with Gasteiger partial charge in [0.2, 0.25) is 5.76 Å². The van der Waals surface area contributed by atoms with Crippen LogP contribution in [0.1, 0.15) is 23.0 Å². The fourth-order valence-corrected chi connectivity index (χ4v) is 3.27. The molecule has 10 heteroatoms. The van der Waals surface area contributed by atoms with Gasteiger partial charge in [0.25, 0.3) is 0 Å². The standard InChI is InChI=1S/C18H17F3N2O5/c1-2-26-17(24)16-14(18(19,20)21)13-12(28-16)4-3-10-7-23(22-15(10)13)8-11-9-25-5-6-27-11/h3-4,7,11H,2,5-6,8-9H2,1H3/t11-/m0/s1. The van der Waals surface area contributed by atoms with Crippen molar-refractivity contribution < 1.29 is 36.6 Å². The summed E-state index contributed by atoms with van der Waals surface area (Å²) in [4.78, 5) is 12.0. The highest BCUT2D eigenvalue weighted by Gasteiger charge is 2.42. The van der Waals surface area contributed by atoms with Gasteiger partial charge in [-0.3, -0.25) is 4.68 Å². The van der Waals surface area contributed by atoms with Crippen LogP contribution < -0.4 is 0 Å². The summed E-state index contributed by atoms with van der Waals surface area (Å²) in [6.07, 6.45) is -3.42. The second-order valence-corrected chi connectivity index (χ2v) is 6.32. The highest BCUT2D eigenvalue weighted by molar-refractivity contribution is 6.09. The second kappa shape index (κ2) is 7.10. The van der Waals surface area contributed by atoms with Crippen molar-refractivity contribution in [2.24, 2.45) is 0 Å². The van der Waals surface area contributed by atoms with Crippen molar-refractivity contribution in [3.8, 4) is 0 Å². The van der Waals surface area contributed by atoms with Gasteiger partial charge in [-0.2, -0.15) is 18.3 Å². The number of rotatable bonds is 4. The predicted octanol–water partition coefficient (Wildman–Crippen LogP) is 3.39. The molecule has 0 spiro atoms. The Kier molecular flexibility index (Phi) is 4.76. The number of carbonyl (C=O) groups excluding carboxylic acids is 1. The van der Waals surface area contributed by atoms with Gasteiger partial charge in [-0.05, 0) is 19.1 Å². The lowest BCUT2D eigenvalue weighted by atomic mass is 10.1. The molecule has 1 aliphatic heterocycles. The number of fused-ring (bicyclic) bond motifs is 3. The van der Waals surface area contributed by atoms with Crippen LogP contribution in [0.25, 0.3) is 21.9 Å². The van der Waals surface area contributed by atoms with Gasteiger partial charge in [-0.15, -0.1) is 0 Å². The Bertz CT molecular complexity index is 1020. The zero-order valence-electron chi connectivity index (χ0n) is 14.9. The molecule has 4 rings (SSSR count). The number of nitrogens with zero attached hydrogens (tertiary/aromatic N) is 2. The molecular formula is C18H17F3N2O5. The van der Waals surface area contributed by atoms with Crippen LogP contribution in [0.15, 0.2) is 22.7 Å². The molecule has 0 bridgehead atoms. The van der Waals surface area contributed by atoms with Gasteiger partial charge in [0.1, 0.15) is 22.8 Å². The van der Waals surface area contributed by atoms with Crippen LogP contribution in [0.3, 0.4) is 0 Å². The third-order valence-electron chi connectivity index (χ3n) is 4.40. The number of furan rings is 1. The Morgan fingerprint density at radius 3 is 2.86 bits per heavy atom. The van der Waals surface area contributed by atoms with Gasteiger partial charge >= 0.3 is 12.1 Å².